The fourth-order valence-corrected chi connectivity index (χ4v) is 7.95. The Bertz CT molecular complexity index is 1840. The lowest BCUT2D eigenvalue weighted by molar-refractivity contribution is -0.277. The molecule has 282 valence electrons. The second-order valence-corrected chi connectivity index (χ2v) is 14.2. The first-order chi connectivity index (χ1) is 25.6. The van der Waals surface area contributed by atoms with Crippen molar-refractivity contribution in [3.63, 3.8) is 0 Å². The van der Waals surface area contributed by atoms with Crippen molar-refractivity contribution in [3.05, 3.63) is 129 Å². The number of methoxy groups -OCH3 is 2. The Hall–Kier alpha value is -4.38. The van der Waals surface area contributed by atoms with Crippen molar-refractivity contribution in [2.24, 2.45) is 0 Å². The maximum Gasteiger partial charge on any atom is 0.330 e. The highest BCUT2D eigenvalue weighted by Gasteiger charge is 2.43. The molecule has 53 heavy (non-hydrogen) atoms. The number of nitrogens with one attached hydrogen (secondary N) is 1. The predicted molar refractivity (Wildman–Crippen MR) is 200 cm³/mol. The van der Waals surface area contributed by atoms with Gasteiger partial charge >= 0.3 is 5.69 Å². The lowest BCUT2D eigenvalue weighted by Gasteiger charge is -2.43. The molecule has 3 aromatic carbocycles. The molecule has 0 aliphatic carbocycles. The van der Waals surface area contributed by atoms with Gasteiger partial charge in [0.25, 0.3) is 14.1 Å². The van der Waals surface area contributed by atoms with Crippen LogP contribution in [0, 0.1) is 11.3 Å². The van der Waals surface area contributed by atoms with Gasteiger partial charge in [-0.2, -0.15) is 5.26 Å². The van der Waals surface area contributed by atoms with Gasteiger partial charge in [0.15, 0.2) is 12.5 Å². The SMILES string of the molecule is COc1ccc(C(OC[C@H]2O[C@@H](n3ccc(=O)[nH]c3=O)COC2OP(OCCC#N)N(C(C)C)C(C)C)(c2ccccc2)c2ccc(OC)cc2)cc1. The summed E-state index contributed by atoms with van der Waals surface area (Å²) in [5, 5.41) is 9.26. The monoisotopic (exact) mass is 746 g/mol. The van der Waals surface area contributed by atoms with Crippen LogP contribution in [0.1, 0.15) is 57.0 Å². The van der Waals surface area contributed by atoms with Crippen molar-refractivity contribution in [3.8, 4) is 17.6 Å². The van der Waals surface area contributed by atoms with Crippen LogP contribution in [-0.2, 0) is 28.9 Å². The van der Waals surface area contributed by atoms with E-state index in [1.165, 1.54) is 16.8 Å². The molecule has 1 aliphatic rings. The van der Waals surface area contributed by atoms with E-state index < -0.39 is 44.0 Å². The van der Waals surface area contributed by atoms with Crippen LogP contribution in [0.2, 0.25) is 0 Å². The molecule has 4 aromatic rings. The zero-order chi connectivity index (χ0) is 38.0. The normalized spacial score (nSPS) is 18.2. The van der Waals surface area contributed by atoms with Crippen LogP contribution < -0.4 is 20.7 Å². The first kappa shape index (κ1) is 39.8. The summed E-state index contributed by atoms with van der Waals surface area (Å²) in [7, 11) is 1.48. The zero-order valence-electron chi connectivity index (χ0n) is 30.8. The van der Waals surface area contributed by atoms with E-state index in [-0.39, 0.29) is 38.3 Å². The minimum Gasteiger partial charge on any atom is -0.497 e. The number of aromatic nitrogens is 2. The van der Waals surface area contributed by atoms with E-state index in [0.29, 0.717) is 11.5 Å². The van der Waals surface area contributed by atoms with Crippen LogP contribution in [0.15, 0.2) is 101 Å². The van der Waals surface area contributed by atoms with Crippen molar-refractivity contribution in [1.29, 1.82) is 5.26 Å². The molecule has 1 aromatic heterocycles. The van der Waals surface area contributed by atoms with Crippen molar-refractivity contribution >= 4 is 8.53 Å². The molecular formula is C39H47N4O9P. The van der Waals surface area contributed by atoms with Crippen molar-refractivity contribution in [1.82, 2.24) is 14.2 Å². The van der Waals surface area contributed by atoms with E-state index in [0.717, 1.165) is 16.7 Å². The molecule has 0 amide bonds. The number of hydrogen-bond donors (Lipinski definition) is 1. The molecule has 0 radical (unpaired) electrons. The molecule has 4 atom stereocenters. The molecule has 0 spiro atoms. The minimum atomic E-state index is -1.75. The molecule has 1 aliphatic heterocycles. The van der Waals surface area contributed by atoms with Crippen molar-refractivity contribution in [2.75, 3.05) is 34.0 Å². The summed E-state index contributed by atoms with van der Waals surface area (Å²) in [6.45, 7) is 8.18. The van der Waals surface area contributed by atoms with E-state index in [1.54, 1.807) is 14.2 Å². The lowest BCUT2D eigenvalue weighted by Crippen LogP contribution is -2.49. The van der Waals surface area contributed by atoms with E-state index in [1.807, 2.05) is 107 Å². The van der Waals surface area contributed by atoms with Gasteiger partial charge < -0.3 is 28.2 Å². The Morgan fingerprint density at radius 1 is 0.906 bits per heavy atom. The number of ether oxygens (including phenoxy) is 5. The van der Waals surface area contributed by atoms with Gasteiger partial charge in [0.05, 0.1) is 46.5 Å². The van der Waals surface area contributed by atoms with E-state index in [9.17, 15) is 14.9 Å². The number of hydrogen-bond acceptors (Lipinski definition) is 11. The maximum absolute atomic E-state index is 12.9. The summed E-state index contributed by atoms with van der Waals surface area (Å²) < 4.78 is 47.4. The Morgan fingerprint density at radius 3 is 2.02 bits per heavy atom. The van der Waals surface area contributed by atoms with Crippen molar-refractivity contribution < 1.29 is 32.7 Å². The number of nitriles is 1. The molecule has 1 saturated heterocycles. The average Bonchev–Trinajstić information content (AvgIpc) is 3.16. The fraction of sp³-hybridized carbons (Fsp3) is 0.410. The number of aromatic amines is 1. The highest BCUT2D eigenvalue weighted by atomic mass is 31.2. The third-order valence-corrected chi connectivity index (χ3v) is 10.8. The Morgan fingerprint density at radius 2 is 1.49 bits per heavy atom. The lowest BCUT2D eigenvalue weighted by atomic mass is 9.80. The van der Waals surface area contributed by atoms with Gasteiger partial charge in [0.2, 0.25) is 0 Å². The highest BCUT2D eigenvalue weighted by Crippen LogP contribution is 2.49. The molecule has 2 heterocycles. The summed E-state index contributed by atoms with van der Waals surface area (Å²) >= 11 is 0. The third kappa shape index (κ3) is 9.41. The van der Waals surface area contributed by atoms with Crippen LogP contribution in [0.25, 0.3) is 0 Å². The summed E-state index contributed by atoms with van der Waals surface area (Å²) in [5.41, 5.74) is 0.0957. The molecule has 0 bridgehead atoms. The second-order valence-electron chi connectivity index (χ2n) is 12.8. The van der Waals surface area contributed by atoms with Crippen LogP contribution in [0.5, 0.6) is 11.5 Å². The van der Waals surface area contributed by atoms with E-state index in [2.05, 4.69) is 15.7 Å². The van der Waals surface area contributed by atoms with Crippen LogP contribution >= 0.6 is 8.53 Å². The molecule has 5 rings (SSSR count). The second kappa shape index (κ2) is 18.6. The van der Waals surface area contributed by atoms with Gasteiger partial charge in [-0.25, -0.2) is 9.46 Å². The van der Waals surface area contributed by atoms with E-state index in [4.69, 9.17) is 32.7 Å². The predicted octanol–water partition coefficient (Wildman–Crippen LogP) is 6.10. The zero-order valence-corrected chi connectivity index (χ0v) is 31.7. The van der Waals surface area contributed by atoms with Gasteiger partial charge in [-0.05, 0) is 68.7 Å². The third-order valence-electron chi connectivity index (χ3n) is 8.69. The molecule has 14 heteroatoms. The maximum atomic E-state index is 12.9. The topological polar surface area (TPSA) is 147 Å². The van der Waals surface area contributed by atoms with Crippen molar-refractivity contribution in [2.45, 2.75) is 70.4 Å². The quantitative estimate of drug-likeness (QED) is 0.0761. The molecular weight excluding hydrogens is 699 g/mol. The van der Waals surface area contributed by atoms with Gasteiger partial charge in [-0.15, -0.1) is 0 Å². The molecule has 2 unspecified atom stereocenters. The van der Waals surface area contributed by atoms with Gasteiger partial charge in [0, 0.05) is 24.3 Å². The minimum absolute atomic E-state index is 0.0331. The first-order valence-electron chi connectivity index (χ1n) is 17.4. The van der Waals surface area contributed by atoms with Gasteiger partial charge in [0.1, 0.15) is 23.2 Å². The molecule has 1 fully saturated rings. The summed E-state index contributed by atoms with van der Waals surface area (Å²) in [6.07, 6.45) is -1.30. The largest absolute Gasteiger partial charge is 0.497 e. The Labute approximate surface area is 310 Å². The number of nitrogens with zero attached hydrogens (tertiary/aromatic N) is 3. The average molecular weight is 747 g/mol. The summed E-state index contributed by atoms with van der Waals surface area (Å²) in [5.74, 6) is 1.36. The number of rotatable bonds is 17. The number of H-pyrrole nitrogens is 1. The van der Waals surface area contributed by atoms with Gasteiger partial charge in [-0.3, -0.25) is 18.9 Å². The van der Waals surface area contributed by atoms with Crippen LogP contribution in [0.4, 0.5) is 0 Å². The van der Waals surface area contributed by atoms with Crippen LogP contribution in [-0.4, -0.2) is 72.7 Å². The molecule has 13 nitrogen and oxygen atoms in total. The first-order valence-corrected chi connectivity index (χ1v) is 18.6. The Kier molecular flexibility index (Phi) is 14.0. The smallest absolute Gasteiger partial charge is 0.330 e. The fourth-order valence-electron chi connectivity index (χ4n) is 6.27. The molecule has 1 N–H and O–H groups in total. The Balaban J connectivity index is 1.60. The van der Waals surface area contributed by atoms with Crippen LogP contribution in [0.3, 0.4) is 0 Å². The molecule has 0 saturated carbocycles. The standard InChI is InChI=1S/C39H47N4O9P/c1-27(2)43(28(3)4)53(50-24-10-22-40)52-37-34(51-36(26-48-37)42-23-21-35(44)41-38(42)45)25-49-39(29-11-8-7-9-12-29,30-13-17-32(46-5)18-14-30)31-15-19-33(47-6)20-16-31/h7-9,11-21,23,27-28,34,36-37H,10,24-26H2,1-6H3,(H,41,44,45)/t34-,36-,37?,53?/m1/s1. The highest BCUT2D eigenvalue weighted by molar-refractivity contribution is 7.44. The van der Waals surface area contributed by atoms with Gasteiger partial charge in [-0.1, -0.05) is 54.6 Å². The summed E-state index contributed by atoms with van der Waals surface area (Å²) in [6, 6.07) is 28.6. The summed E-state index contributed by atoms with van der Waals surface area (Å²) in [4.78, 5) is 27.1. The van der Waals surface area contributed by atoms with E-state index >= 15 is 0 Å². The number of benzene rings is 3.